The molecule has 2 rings (SSSR count). The van der Waals surface area contributed by atoms with E-state index in [0.717, 1.165) is 31.9 Å². The Balaban J connectivity index is 2.01. The molecule has 0 amide bonds. The summed E-state index contributed by atoms with van der Waals surface area (Å²) in [6.45, 7) is 1.33. The number of nitro benzene ring substituents is 1. The van der Waals surface area contributed by atoms with Gasteiger partial charge in [0, 0.05) is 19.2 Å². The van der Waals surface area contributed by atoms with Crippen molar-refractivity contribution in [1.29, 1.82) is 0 Å². The monoisotopic (exact) mass is 284 g/mol. The lowest BCUT2D eigenvalue weighted by Gasteiger charge is -2.12. The van der Waals surface area contributed by atoms with Crippen molar-refractivity contribution in [2.24, 2.45) is 0 Å². The molecule has 1 saturated heterocycles. The van der Waals surface area contributed by atoms with Crippen LogP contribution in [-0.4, -0.2) is 31.3 Å². The van der Waals surface area contributed by atoms with Crippen LogP contribution in [-0.2, 0) is 4.74 Å². The molecule has 0 radical (unpaired) electrons. The summed E-state index contributed by atoms with van der Waals surface area (Å²) in [5.74, 6) is -0.624. The van der Waals surface area contributed by atoms with Gasteiger partial charge >= 0.3 is 5.69 Å². The highest BCUT2D eigenvalue weighted by molar-refractivity contribution is 5.59. The van der Waals surface area contributed by atoms with Crippen molar-refractivity contribution in [1.82, 2.24) is 0 Å². The summed E-state index contributed by atoms with van der Waals surface area (Å²) < 4.78 is 24.2. The van der Waals surface area contributed by atoms with Gasteiger partial charge in [0.1, 0.15) is 0 Å². The Hall–Kier alpha value is -1.89. The highest BCUT2D eigenvalue weighted by atomic mass is 19.1. The first kappa shape index (κ1) is 14.5. The van der Waals surface area contributed by atoms with Crippen LogP contribution < -0.4 is 10.1 Å². The van der Waals surface area contributed by atoms with E-state index in [1.807, 2.05) is 0 Å². The standard InChI is InChI=1S/C13H17FN2O4/c1-19-13-8-11(10(14)7-12(13)16(17)18)15-5-4-9-3-2-6-20-9/h7-9,15H,2-6H2,1H3. The molecular weight excluding hydrogens is 267 g/mol. The van der Waals surface area contributed by atoms with E-state index < -0.39 is 10.7 Å². The number of nitro groups is 1. The molecule has 0 aromatic heterocycles. The van der Waals surface area contributed by atoms with Gasteiger partial charge in [-0.3, -0.25) is 10.1 Å². The zero-order chi connectivity index (χ0) is 14.5. The number of nitrogens with one attached hydrogen (secondary N) is 1. The summed E-state index contributed by atoms with van der Waals surface area (Å²) in [6.07, 6.45) is 3.07. The average molecular weight is 284 g/mol. The molecule has 20 heavy (non-hydrogen) atoms. The number of halogens is 1. The Bertz CT molecular complexity index is 490. The Kier molecular flexibility index (Phi) is 4.73. The van der Waals surface area contributed by atoms with Crippen LogP contribution in [0.2, 0.25) is 0 Å². The van der Waals surface area contributed by atoms with Crippen LogP contribution in [0.25, 0.3) is 0 Å². The van der Waals surface area contributed by atoms with E-state index in [-0.39, 0.29) is 23.2 Å². The molecule has 6 nitrogen and oxygen atoms in total. The molecular formula is C13H17FN2O4. The molecule has 1 aromatic rings. The first-order chi connectivity index (χ1) is 9.61. The highest BCUT2D eigenvalue weighted by Gasteiger charge is 2.20. The van der Waals surface area contributed by atoms with Gasteiger partial charge in [-0.15, -0.1) is 0 Å². The molecule has 1 N–H and O–H groups in total. The van der Waals surface area contributed by atoms with Gasteiger partial charge in [-0.2, -0.15) is 0 Å². The first-order valence-corrected chi connectivity index (χ1v) is 6.49. The van der Waals surface area contributed by atoms with Gasteiger partial charge in [0.25, 0.3) is 0 Å². The minimum atomic E-state index is -0.669. The van der Waals surface area contributed by atoms with Crippen molar-refractivity contribution in [3.63, 3.8) is 0 Å². The van der Waals surface area contributed by atoms with E-state index in [1.54, 1.807) is 0 Å². The number of nitrogens with zero attached hydrogens (tertiary/aromatic N) is 1. The summed E-state index contributed by atoms with van der Waals surface area (Å²) in [7, 11) is 1.32. The molecule has 1 unspecified atom stereocenters. The van der Waals surface area contributed by atoms with E-state index in [1.165, 1.54) is 13.2 Å². The minimum absolute atomic E-state index is 0.0380. The maximum absolute atomic E-state index is 13.8. The SMILES string of the molecule is COc1cc(NCCC2CCCO2)c(F)cc1[N+](=O)[O-]. The van der Waals surface area contributed by atoms with Gasteiger partial charge < -0.3 is 14.8 Å². The molecule has 1 atom stereocenters. The molecule has 1 aliphatic heterocycles. The molecule has 0 spiro atoms. The van der Waals surface area contributed by atoms with Crippen LogP contribution in [0.5, 0.6) is 5.75 Å². The number of methoxy groups -OCH3 is 1. The van der Waals surface area contributed by atoms with Gasteiger partial charge in [0.15, 0.2) is 11.6 Å². The second kappa shape index (κ2) is 6.51. The fraction of sp³-hybridized carbons (Fsp3) is 0.538. The molecule has 110 valence electrons. The van der Waals surface area contributed by atoms with E-state index in [9.17, 15) is 14.5 Å². The van der Waals surface area contributed by atoms with E-state index in [0.29, 0.717) is 6.54 Å². The number of hydrogen-bond acceptors (Lipinski definition) is 5. The number of hydrogen-bond donors (Lipinski definition) is 1. The van der Waals surface area contributed by atoms with Gasteiger partial charge in [-0.1, -0.05) is 0 Å². The number of anilines is 1. The predicted molar refractivity (Wildman–Crippen MR) is 71.7 cm³/mol. The lowest BCUT2D eigenvalue weighted by atomic mass is 10.2. The number of rotatable bonds is 6. The topological polar surface area (TPSA) is 73.6 Å². The summed E-state index contributed by atoms with van der Waals surface area (Å²) in [6, 6.07) is 2.18. The summed E-state index contributed by atoms with van der Waals surface area (Å²) >= 11 is 0. The van der Waals surface area contributed by atoms with E-state index >= 15 is 0 Å². The Morgan fingerprint density at radius 3 is 3.00 bits per heavy atom. The van der Waals surface area contributed by atoms with Crippen molar-refractivity contribution in [2.75, 3.05) is 25.6 Å². The maximum atomic E-state index is 13.8. The Morgan fingerprint density at radius 2 is 2.40 bits per heavy atom. The predicted octanol–water partition coefficient (Wildman–Crippen LogP) is 2.72. The first-order valence-electron chi connectivity index (χ1n) is 6.49. The van der Waals surface area contributed by atoms with Gasteiger partial charge in [0.2, 0.25) is 0 Å². The van der Waals surface area contributed by atoms with Gasteiger partial charge in [0.05, 0.1) is 29.9 Å². The summed E-state index contributed by atoms with van der Waals surface area (Å²) in [5, 5.41) is 13.7. The maximum Gasteiger partial charge on any atom is 0.313 e. The van der Waals surface area contributed by atoms with Crippen LogP contribution >= 0.6 is 0 Å². The van der Waals surface area contributed by atoms with Crippen LogP contribution in [0.3, 0.4) is 0 Å². The van der Waals surface area contributed by atoms with Gasteiger partial charge in [-0.05, 0) is 19.3 Å². The number of ether oxygens (including phenoxy) is 2. The summed E-state index contributed by atoms with van der Waals surface area (Å²) in [4.78, 5) is 10.1. The lowest BCUT2D eigenvalue weighted by Crippen LogP contribution is -2.13. The largest absolute Gasteiger partial charge is 0.490 e. The third kappa shape index (κ3) is 3.36. The Labute approximate surface area is 116 Å². The molecule has 1 fully saturated rings. The second-order valence-electron chi connectivity index (χ2n) is 4.61. The third-order valence-electron chi connectivity index (χ3n) is 3.27. The number of benzene rings is 1. The summed E-state index contributed by atoms with van der Waals surface area (Å²) in [5.41, 5.74) is -0.180. The van der Waals surface area contributed by atoms with Crippen LogP contribution in [0.1, 0.15) is 19.3 Å². The van der Waals surface area contributed by atoms with Crippen molar-refractivity contribution in [2.45, 2.75) is 25.4 Å². The Morgan fingerprint density at radius 1 is 1.60 bits per heavy atom. The molecule has 0 saturated carbocycles. The average Bonchev–Trinajstić information content (AvgIpc) is 2.93. The minimum Gasteiger partial charge on any atom is -0.490 e. The lowest BCUT2D eigenvalue weighted by molar-refractivity contribution is -0.385. The molecule has 0 aliphatic carbocycles. The smallest absolute Gasteiger partial charge is 0.313 e. The molecule has 1 aromatic carbocycles. The highest BCUT2D eigenvalue weighted by Crippen LogP contribution is 2.32. The van der Waals surface area contributed by atoms with Crippen LogP contribution in [0, 0.1) is 15.9 Å². The zero-order valence-electron chi connectivity index (χ0n) is 11.2. The fourth-order valence-corrected chi connectivity index (χ4v) is 2.22. The fourth-order valence-electron chi connectivity index (χ4n) is 2.22. The van der Waals surface area contributed by atoms with E-state index in [2.05, 4.69) is 5.32 Å². The van der Waals surface area contributed by atoms with Crippen molar-refractivity contribution in [3.05, 3.63) is 28.1 Å². The van der Waals surface area contributed by atoms with Gasteiger partial charge in [-0.25, -0.2) is 4.39 Å². The molecule has 0 bridgehead atoms. The molecule has 1 aliphatic rings. The van der Waals surface area contributed by atoms with Crippen molar-refractivity contribution >= 4 is 11.4 Å². The van der Waals surface area contributed by atoms with Crippen molar-refractivity contribution < 1.29 is 18.8 Å². The normalized spacial score (nSPS) is 18.0. The quantitative estimate of drug-likeness (QED) is 0.642. The molecule has 7 heteroatoms. The van der Waals surface area contributed by atoms with Crippen LogP contribution in [0.15, 0.2) is 12.1 Å². The van der Waals surface area contributed by atoms with Crippen molar-refractivity contribution in [3.8, 4) is 5.75 Å². The van der Waals surface area contributed by atoms with Crippen LogP contribution in [0.4, 0.5) is 15.8 Å². The molecule has 1 heterocycles. The van der Waals surface area contributed by atoms with E-state index in [4.69, 9.17) is 9.47 Å². The zero-order valence-corrected chi connectivity index (χ0v) is 11.2. The second-order valence-corrected chi connectivity index (χ2v) is 4.61. The third-order valence-corrected chi connectivity index (χ3v) is 3.27.